The Morgan fingerprint density at radius 3 is 1.29 bits per heavy atom. The zero-order valence-electron chi connectivity index (χ0n) is 12.3. The number of aromatic nitrogens is 3. The minimum absolute atomic E-state index is 0. The molecule has 0 aliphatic carbocycles. The van der Waals surface area contributed by atoms with Gasteiger partial charge in [0.2, 0.25) is 0 Å². The van der Waals surface area contributed by atoms with Crippen molar-refractivity contribution in [2.75, 3.05) is 0 Å². The molecule has 24 heavy (non-hydrogen) atoms. The Hall–Kier alpha value is -1.93. The zero-order valence-corrected chi connectivity index (χ0v) is 16.6. The SMILES string of the molecule is [Br-].[C-]#[O+].[C-]#[O+].[Re].c1ccc(-c2cccc(-c3ccccn3)n2)nc1. The van der Waals surface area contributed by atoms with Gasteiger partial charge < -0.3 is 17.0 Å². The van der Waals surface area contributed by atoms with Gasteiger partial charge in [-0.2, -0.15) is 0 Å². The van der Waals surface area contributed by atoms with Gasteiger partial charge in [-0.15, -0.1) is 0 Å². The molecule has 0 unspecified atom stereocenters. The molecule has 0 aromatic carbocycles. The third-order valence-corrected chi connectivity index (χ3v) is 2.60. The Balaban J connectivity index is 0. The minimum atomic E-state index is 0. The van der Waals surface area contributed by atoms with E-state index in [9.17, 15) is 0 Å². The summed E-state index contributed by atoms with van der Waals surface area (Å²) in [5, 5.41) is 0. The average molecular weight is 555 g/mol. The second-order valence-corrected chi connectivity index (χ2v) is 3.84. The topological polar surface area (TPSA) is 78.5 Å². The fourth-order valence-electron chi connectivity index (χ4n) is 1.75. The van der Waals surface area contributed by atoms with Gasteiger partial charge in [0.15, 0.2) is 0 Å². The van der Waals surface area contributed by atoms with E-state index in [1.165, 1.54) is 0 Å². The van der Waals surface area contributed by atoms with Crippen LogP contribution in [-0.4, -0.2) is 15.0 Å². The molecule has 0 spiro atoms. The summed E-state index contributed by atoms with van der Waals surface area (Å²) in [6.07, 6.45) is 3.54. The normalized spacial score (nSPS) is 7.83. The van der Waals surface area contributed by atoms with E-state index in [1.807, 2.05) is 54.6 Å². The van der Waals surface area contributed by atoms with E-state index in [2.05, 4.69) is 28.3 Å². The van der Waals surface area contributed by atoms with Crippen molar-refractivity contribution in [2.45, 2.75) is 0 Å². The van der Waals surface area contributed by atoms with Crippen LogP contribution in [-0.2, 0) is 29.7 Å². The van der Waals surface area contributed by atoms with Crippen molar-refractivity contribution in [1.29, 1.82) is 0 Å². The Morgan fingerprint density at radius 2 is 0.958 bits per heavy atom. The molecular weight excluding hydrogens is 544 g/mol. The molecule has 0 amide bonds. The van der Waals surface area contributed by atoms with Crippen molar-refractivity contribution in [3.05, 3.63) is 80.3 Å². The molecule has 5 nitrogen and oxygen atoms in total. The first-order valence-electron chi connectivity index (χ1n) is 6.14. The van der Waals surface area contributed by atoms with Crippen molar-refractivity contribution >= 4 is 0 Å². The summed E-state index contributed by atoms with van der Waals surface area (Å²) in [4.78, 5) is 13.2. The number of hydrogen-bond donors (Lipinski definition) is 0. The molecule has 3 aromatic rings. The van der Waals surface area contributed by atoms with E-state index < -0.39 is 0 Å². The number of nitrogens with zero attached hydrogens (tertiary/aromatic N) is 3. The van der Waals surface area contributed by atoms with Crippen molar-refractivity contribution < 1.29 is 46.7 Å². The average Bonchev–Trinajstić information content (AvgIpc) is 2.67. The molecule has 0 fully saturated rings. The molecule has 3 aromatic heterocycles. The summed E-state index contributed by atoms with van der Waals surface area (Å²) in [7, 11) is 0. The Labute approximate surface area is 164 Å². The summed E-state index contributed by atoms with van der Waals surface area (Å²) in [6.45, 7) is 9.00. The maximum atomic E-state index is 7.50. The molecule has 0 saturated heterocycles. The molecule has 3 rings (SSSR count). The number of pyridine rings is 3. The fraction of sp³-hybridized carbons (Fsp3) is 0. The van der Waals surface area contributed by atoms with Crippen LogP contribution in [0.3, 0.4) is 0 Å². The second-order valence-electron chi connectivity index (χ2n) is 3.84. The van der Waals surface area contributed by atoms with Crippen LogP contribution in [0.25, 0.3) is 22.8 Å². The van der Waals surface area contributed by atoms with E-state index in [4.69, 9.17) is 9.30 Å². The summed E-state index contributed by atoms with van der Waals surface area (Å²) < 4.78 is 15.0. The zero-order chi connectivity index (χ0) is 16.2. The third-order valence-electron chi connectivity index (χ3n) is 2.60. The van der Waals surface area contributed by atoms with Gasteiger partial charge in [-0.05, 0) is 36.4 Å². The smallest absolute Gasteiger partial charge is 0.0894 e. The summed E-state index contributed by atoms with van der Waals surface area (Å²) >= 11 is 0. The van der Waals surface area contributed by atoms with Gasteiger partial charge in [0, 0.05) is 32.8 Å². The molecule has 0 bridgehead atoms. The van der Waals surface area contributed by atoms with E-state index >= 15 is 0 Å². The van der Waals surface area contributed by atoms with Gasteiger partial charge in [-0.3, -0.25) is 9.97 Å². The van der Waals surface area contributed by atoms with E-state index in [1.54, 1.807) is 12.4 Å². The molecule has 0 saturated carbocycles. The van der Waals surface area contributed by atoms with Gasteiger partial charge in [0.25, 0.3) is 0 Å². The predicted molar refractivity (Wildman–Crippen MR) is 78.6 cm³/mol. The predicted octanol–water partition coefficient (Wildman–Crippen LogP) is 0.132. The molecule has 7 heteroatoms. The molecule has 121 valence electrons. The van der Waals surface area contributed by atoms with Crippen LogP contribution < -0.4 is 17.0 Å². The van der Waals surface area contributed by atoms with Crippen LogP contribution in [0.15, 0.2) is 67.0 Å². The van der Waals surface area contributed by atoms with Crippen LogP contribution in [0.2, 0.25) is 0 Å². The van der Waals surface area contributed by atoms with Gasteiger partial charge in [-0.25, -0.2) is 4.98 Å². The molecule has 1 radical (unpaired) electrons. The van der Waals surface area contributed by atoms with Crippen LogP contribution in [0.5, 0.6) is 0 Å². The summed E-state index contributed by atoms with van der Waals surface area (Å²) in [6, 6.07) is 17.5. The number of rotatable bonds is 2. The van der Waals surface area contributed by atoms with Crippen LogP contribution in [0.4, 0.5) is 0 Å². The van der Waals surface area contributed by atoms with Gasteiger partial charge >= 0.3 is 22.6 Å². The van der Waals surface area contributed by atoms with E-state index in [-0.39, 0.29) is 37.4 Å². The molecule has 0 aliphatic rings. The van der Waals surface area contributed by atoms with E-state index in [0.717, 1.165) is 22.8 Å². The second kappa shape index (κ2) is 14.7. The molecular formula is C17H11BrN3O2Re-. The molecule has 0 atom stereocenters. The quantitative estimate of drug-likeness (QED) is 0.334. The first kappa shape index (κ1) is 24.3. The molecule has 0 aliphatic heterocycles. The van der Waals surface area contributed by atoms with Crippen molar-refractivity contribution in [1.82, 2.24) is 15.0 Å². The Morgan fingerprint density at radius 1 is 0.583 bits per heavy atom. The Kier molecular flexibility index (Phi) is 14.9. The standard InChI is InChI=1S/C15H11N3.2CO.BrH.Re/c1-3-10-16-12(6-1)14-8-5-9-15(18-14)13-7-2-4-11-17-13;2*1-2;;/h1-11H;;;1H;/p-1. The first-order chi connectivity index (χ1) is 10.9. The maximum Gasteiger partial charge on any atom is 0.0894 e. The van der Waals surface area contributed by atoms with Crippen molar-refractivity contribution in [3.63, 3.8) is 0 Å². The first-order valence-corrected chi connectivity index (χ1v) is 6.14. The van der Waals surface area contributed by atoms with Crippen molar-refractivity contribution in [3.8, 4) is 22.8 Å². The van der Waals surface area contributed by atoms with Crippen LogP contribution in [0, 0.1) is 13.3 Å². The number of halogens is 1. The van der Waals surface area contributed by atoms with Gasteiger partial charge in [0.1, 0.15) is 0 Å². The largest absolute Gasteiger partial charge is 0.255 e. The van der Waals surface area contributed by atoms with E-state index in [0.29, 0.717) is 0 Å². The van der Waals surface area contributed by atoms with Gasteiger partial charge in [0.05, 0.1) is 22.8 Å². The Bertz CT molecular complexity index is 677. The maximum absolute atomic E-state index is 7.50. The third kappa shape index (κ3) is 7.10. The monoisotopic (exact) mass is 555 g/mol. The summed E-state index contributed by atoms with van der Waals surface area (Å²) in [5.74, 6) is 0. The molecule has 3 heterocycles. The summed E-state index contributed by atoms with van der Waals surface area (Å²) in [5.41, 5.74) is 3.46. The van der Waals surface area contributed by atoms with Gasteiger partial charge in [-0.1, -0.05) is 18.2 Å². The molecule has 0 N–H and O–H groups in total. The van der Waals surface area contributed by atoms with Crippen molar-refractivity contribution in [2.24, 2.45) is 0 Å². The number of hydrogen-bond acceptors (Lipinski definition) is 3. The van der Waals surface area contributed by atoms with Crippen LogP contribution in [0.1, 0.15) is 0 Å². The minimum Gasteiger partial charge on any atom is -0.255 e. The fourth-order valence-corrected chi connectivity index (χ4v) is 1.75. The van der Waals surface area contributed by atoms with Crippen LogP contribution >= 0.6 is 0 Å².